The molecule has 1 heterocycles. The van der Waals surface area contributed by atoms with E-state index in [1.165, 1.54) is 48.5 Å². The van der Waals surface area contributed by atoms with Crippen molar-refractivity contribution in [2.24, 2.45) is 0 Å². The Kier molecular flexibility index (Phi) is 6.98. The largest absolute Gasteiger partial charge is 0.508 e. The molecule has 166 valence electrons. The second kappa shape index (κ2) is 9.67. The summed E-state index contributed by atoms with van der Waals surface area (Å²) in [5, 5.41) is 58.3. The molecule has 31 heavy (non-hydrogen) atoms. The smallest absolute Gasteiger partial charge is 0.330 e. The fourth-order valence-electron chi connectivity index (χ4n) is 2.83. The average molecular weight is 434 g/mol. The van der Waals surface area contributed by atoms with Gasteiger partial charge in [0.1, 0.15) is 42.5 Å². The van der Waals surface area contributed by atoms with E-state index in [2.05, 4.69) is 0 Å². The molecule has 10 heteroatoms. The number of benzene rings is 2. The van der Waals surface area contributed by atoms with Gasteiger partial charge < -0.3 is 44.8 Å². The van der Waals surface area contributed by atoms with Crippen LogP contribution in [0.5, 0.6) is 23.0 Å². The predicted molar refractivity (Wildman–Crippen MR) is 105 cm³/mol. The van der Waals surface area contributed by atoms with Crippen LogP contribution in [0.25, 0.3) is 6.08 Å². The van der Waals surface area contributed by atoms with Gasteiger partial charge in [-0.1, -0.05) is 6.07 Å². The summed E-state index contributed by atoms with van der Waals surface area (Å²) in [5.41, 5.74) is 0.433. The van der Waals surface area contributed by atoms with Gasteiger partial charge in [-0.2, -0.15) is 0 Å². The van der Waals surface area contributed by atoms with Gasteiger partial charge in [0.2, 0.25) is 6.29 Å². The van der Waals surface area contributed by atoms with Gasteiger partial charge in [-0.3, -0.25) is 0 Å². The van der Waals surface area contributed by atoms with E-state index in [9.17, 15) is 35.4 Å². The SMILES string of the molecule is O=C(/C=C/c1ccc(O)c(O)c1)OC[C@@H]1O[C@H](Oc2ccc(O)cc2)[C@@H](O)[C@H](O)[C@H]1O. The van der Waals surface area contributed by atoms with Crippen molar-refractivity contribution in [2.75, 3.05) is 6.61 Å². The van der Waals surface area contributed by atoms with Crippen LogP contribution in [0.2, 0.25) is 0 Å². The van der Waals surface area contributed by atoms with E-state index >= 15 is 0 Å². The number of aliphatic hydroxyl groups is 3. The lowest BCUT2D eigenvalue weighted by atomic mass is 9.99. The molecule has 0 spiro atoms. The normalized spacial score (nSPS) is 26.0. The maximum Gasteiger partial charge on any atom is 0.330 e. The molecule has 0 radical (unpaired) electrons. The lowest BCUT2D eigenvalue weighted by Crippen LogP contribution is -2.60. The van der Waals surface area contributed by atoms with E-state index in [1.54, 1.807) is 0 Å². The topological polar surface area (TPSA) is 166 Å². The Balaban J connectivity index is 1.58. The van der Waals surface area contributed by atoms with Crippen LogP contribution < -0.4 is 4.74 Å². The van der Waals surface area contributed by atoms with E-state index in [0.717, 1.165) is 6.08 Å². The molecule has 0 unspecified atom stereocenters. The monoisotopic (exact) mass is 434 g/mol. The fraction of sp³-hybridized carbons (Fsp3) is 0.286. The molecule has 0 saturated carbocycles. The number of phenols is 3. The maximum absolute atomic E-state index is 11.9. The zero-order chi connectivity index (χ0) is 22.5. The Morgan fingerprint density at radius 1 is 0.935 bits per heavy atom. The van der Waals surface area contributed by atoms with Gasteiger partial charge in [0, 0.05) is 6.08 Å². The van der Waals surface area contributed by atoms with E-state index < -0.39 is 43.3 Å². The van der Waals surface area contributed by atoms with Crippen LogP contribution in [0.1, 0.15) is 5.56 Å². The zero-order valence-corrected chi connectivity index (χ0v) is 16.1. The molecule has 1 aliphatic rings. The summed E-state index contributed by atoms with van der Waals surface area (Å²) < 4.78 is 15.9. The number of phenolic OH excluding ortho intramolecular Hbond substituents is 3. The van der Waals surface area contributed by atoms with Gasteiger partial charge >= 0.3 is 5.97 Å². The van der Waals surface area contributed by atoms with E-state index in [-0.39, 0.29) is 23.0 Å². The summed E-state index contributed by atoms with van der Waals surface area (Å²) in [6.07, 6.45) is -4.86. The molecular formula is C21H22O10. The third-order valence-electron chi connectivity index (χ3n) is 4.56. The highest BCUT2D eigenvalue weighted by molar-refractivity contribution is 5.87. The van der Waals surface area contributed by atoms with Gasteiger partial charge in [-0.15, -0.1) is 0 Å². The minimum atomic E-state index is -1.62. The van der Waals surface area contributed by atoms with Crippen molar-refractivity contribution < 1.29 is 49.6 Å². The molecule has 0 aromatic heterocycles. The first-order valence-electron chi connectivity index (χ1n) is 9.27. The predicted octanol–water partition coefficient (Wildman–Crippen LogP) is 0.246. The van der Waals surface area contributed by atoms with Crippen molar-refractivity contribution in [3.05, 3.63) is 54.1 Å². The van der Waals surface area contributed by atoms with Crippen LogP contribution in [-0.4, -0.2) is 73.9 Å². The minimum Gasteiger partial charge on any atom is -0.508 e. The minimum absolute atomic E-state index is 0.00766. The molecule has 3 rings (SSSR count). The molecule has 5 atom stereocenters. The molecule has 2 aromatic rings. The number of ether oxygens (including phenoxy) is 3. The van der Waals surface area contributed by atoms with Crippen LogP contribution in [-0.2, 0) is 14.3 Å². The lowest BCUT2D eigenvalue weighted by Gasteiger charge is -2.39. The molecule has 0 bridgehead atoms. The highest BCUT2D eigenvalue weighted by atomic mass is 16.7. The quantitative estimate of drug-likeness (QED) is 0.211. The van der Waals surface area contributed by atoms with Gasteiger partial charge in [0.15, 0.2) is 11.5 Å². The Labute approximate surface area is 176 Å². The Hall–Kier alpha value is -3.31. The first kappa shape index (κ1) is 22.4. The van der Waals surface area contributed by atoms with Crippen molar-refractivity contribution in [3.8, 4) is 23.0 Å². The van der Waals surface area contributed by atoms with E-state index in [0.29, 0.717) is 5.56 Å². The van der Waals surface area contributed by atoms with E-state index in [1.807, 2.05) is 0 Å². The number of rotatable bonds is 6. The maximum atomic E-state index is 11.9. The Morgan fingerprint density at radius 3 is 2.32 bits per heavy atom. The second-order valence-electron chi connectivity index (χ2n) is 6.84. The third-order valence-corrected chi connectivity index (χ3v) is 4.56. The lowest BCUT2D eigenvalue weighted by molar-refractivity contribution is -0.278. The van der Waals surface area contributed by atoms with Crippen LogP contribution in [0.3, 0.4) is 0 Å². The molecule has 10 nitrogen and oxygen atoms in total. The highest BCUT2D eigenvalue weighted by Crippen LogP contribution is 2.26. The molecule has 1 aliphatic heterocycles. The first-order valence-corrected chi connectivity index (χ1v) is 9.27. The van der Waals surface area contributed by atoms with Crippen LogP contribution in [0.15, 0.2) is 48.5 Å². The van der Waals surface area contributed by atoms with Crippen molar-refractivity contribution in [3.63, 3.8) is 0 Å². The standard InChI is InChI=1S/C21H22O10/c22-12-3-5-13(6-4-12)30-21-20(28)19(27)18(26)16(31-21)10-29-17(25)8-2-11-1-7-14(23)15(24)9-11/h1-9,16,18-24,26-28H,10H2/b8-2+/t16-,18-,19+,20-,21-/m0/s1. The summed E-state index contributed by atoms with van der Waals surface area (Å²) in [5.74, 6) is -1.19. The average Bonchev–Trinajstić information content (AvgIpc) is 2.75. The second-order valence-corrected chi connectivity index (χ2v) is 6.84. The Morgan fingerprint density at radius 2 is 1.65 bits per heavy atom. The van der Waals surface area contributed by atoms with Crippen molar-refractivity contribution in [2.45, 2.75) is 30.7 Å². The number of hydrogen-bond donors (Lipinski definition) is 6. The van der Waals surface area contributed by atoms with Crippen LogP contribution in [0.4, 0.5) is 0 Å². The molecular weight excluding hydrogens is 412 g/mol. The summed E-state index contributed by atoms with van der Waals surface area (Å²) in [6, 6.07) is 9.53. The summed E-state index contributed by atoms with van der Waals surface area (Å²) in [7, 11) is 0. The molecule has 1 saturated heterocycles. The number of esters is 1. The summed E-state index contributed by atoms with van der Waals surface area (Å²) >= 11 is 0. The van der Waals surface area contributed by atoms with Gasteiger partial charge in [0.05, 0.1) is 0 Å². The number of carbonyl (C=O) groups is 1. The summed E-state index contributed by atoms with van der Waals surface area (Å²) in [6.45, 7) is -0.440. The third kappa shape index (κ3) is 5.64. The molecule has 1 fully saturated rings. The number of carbonyl (C=O) groups excluding carboxylic acids is 1. The number of aromatic hydroxyl groups is 3. The highest BCUT2D eigenvalue weighted by Gasteiger charge is 2.45. The van der Waals surface area contributed by atoms with Crippen molar-refractivity contribution in [1.29, 1.82) is 0 Å². The first-order chi connectivity index (χ1) is 14.7. The number of hydrogen-bond acceptors (Lipinski definition) is 10. The fourth-order valence-corrected chi connectivity index (χ4v) is 2.83. The van der Waals surface area contributed by atoms with Crippen LogP contribution in [0, 0.1) is 0 Å². The molecule has 6 N–H and O–H groups in total. The molecule has 0 aliphatic carbocycles. The van der Waals surface area contributed by atoms with Gasteiger partial charge in [0.25, 0.3) is 0 Å². The van der Waals surface area contributed by atoms with Crippen molar-refractivity contribution in [1.82, 2.24) is 0 Å². The molecule has 2 aromatic carbocycles. The van der Waals surface area contributed by atoms with E-state index in [4.69, 9.17) is 14.2 Å². The van der Waals surface area contributed by atoms with Gasteiger partial charge in [-0.25, -0.2) is 4.79 Å². The number of aliphatic hydroxyl groups excluding tert-OH is 3. The molecule has 0 amide bonds. The Bertz CT molecular complexity index is 926. The summed E-state index contributed by atoms with van der Waals surface area (Å²) in [4.78, 5) is 11.9. The zero-order valence-electron chi connectivity index (χ0n) is 16.1. The van der Waals surface area contributed by atoms with Crippen LogP contribution >= 0.6 is 0 Å². The van der Waals surface area contributed by atoms with Crippen molar-refractivity contribution >= 4 is 12.0 Å². The van der Waals surface area contributed by atoms with Gasteiger partial charge in [-0.05, 0) is 48.0 Å².